The van der Waals surface area contributed by atoms with Gasteiger partial charge in [-0.1, -0.05) is 19.8 Å². The van der Waals surface area contributed by atoms with Gasteiger partial charge in [0, 0.05) is 19.6 Å². The molecule has 0 aliphatic heterocycles. The maximum atomic E-state index is 5.33. The Kier molecular flexibility index (Phi) is 4.90. The minimum atomic E-state index is 0.346. The third-order valence-corrected chi connectivity index (χ3v) is 3.63. The van der Waals surface area contributed by atoms with Crippen molar-refractivity contribution in [2.45, 2.75) is 39.0 Å². The highest BCUT2D eigenvalue weighted by atomic mass is 16.5. The Bertz CT molecular complexity index is 150. The van der Waals surface area contributed by atoms with Gasteiger partial charge in [-0.05, 0) is 25.2 Å². The molecule has 1 atom stereocenters. The number of unbranched alkanes of at least 4 members (excludes halogenated alkanes) is 1. The van der Waals surface area contributed by atoms with Crippen molar-refractivity contribution in [3.8, 4) is 0 Å². The SMILES string of the molecule is CCCCC1CCC1(COC)COC. The van der Waals surface area contributed by atoms with Crippen molar-refractivity contribution in [1.82, 2.24) is 0 Å². The van der Waals surface area contributed by atoms with Gasteiger partial charge in [-0.15, -0.1) is 0 Å². The van der Waals surface area contributed by atoms with E-state index < -0.39 is 0 Å². The third kappa shape index (κ3) is 2.48. The average molecular weight is 200 g/mol. The minimum absolute atomic E-state index is 0.346. The first-order chi connectivity index (χ1) is 6.79. The van der Waals surface area contributed by atoms with Crippen LogP contribution in [0.1, 0.15) is 39.0 Å². The van der Waals surface area contributed by atoms with E-state index in [0.717, 1.165) is 19.1 Å². The van der Waals surface area contributed by atoms with Crippen LogP contribution in [-0.2, 0) is 9.47 Å². The van der Waals surface area contributed by atoms with Gasteiger partial charge in [0.15, 0.2) is 0 Å². The second-order valence-electron chi connectivity index (χ2n) is 4.61. The monoisotopic (exact) mass is 200 g/mol. The van der Waals surface area contributed by atoms with Crippen LogP contribution in [0.3, 0.4) is 0 Å². The van der Waals surface area contributed by atoms with E-state index in [1.807, 2.05) is 0 Å². The summed E-state index contributed by atoms with van der Waals surface area (Å²) in [5.74, 6) is 0.836. The van der Waals surface area contributed by atoms with Crippen molar-refractivity contribution in [2.24, 2.45) is 11.3 Å². The van der Waals surface area contributed by atoms with E-state index in [2.05, 4.69) is 6.92 Å². The predicted molar refractivity (Wildman–Crippen MR) is 58.4 cm³/mol. The van der Waals surface area contributed by atoms with Gasteiger partial charge in [0.25, 0.3) is 0 Å². The smallest absolute Gasteiger partial charge is 0.0543 e. The summed E-state index contributed by atoms with van der Waals surface area (Å²) in [5, 5.41) is 0. The summed E-state index contributed by atoms with van der Waals surface area (Å²) in [5.41, 5.74) is 0.346. The second kappa shape index (κ2) is 5.72. The lowest BCUT2D eigenvalue weighted by atomic mass is 9.59. The third-order valence-electron chi connectivity index (χ3n) is 3.63. The highest BCUT2D eigenvalue weighted by molar-refractivity contribution is 4.95. The zero-order valence-corrected chi connectivity index (χ0v) is 9.84. The molecule has 84 valence electrons. The Labute approximate surface area is 88.0 Å². The van der Waals surface area contributed by atoms with Crippen LogP contribution in [0.25, 0.3) is 0 Å². The Morgan fingerprint density at radius 2 is 1.86 bits per heavy atom. The molecule has 2 nitrogen and oxygen atoms in total. The number of ether oxygens (including phenoxy) is 2. The van der Waals surface area contributed by atoms with Crippen molar-refractivity contribution in [3.05, 3.63) is 0 Å². The van der Waals surface area contributed by atoms with Gasteiger partial charge in [-0.25, -0.2) is 0 Å². The molecule has 1 fully saturated rings. The van der Waals surface area contributed by atoms with Gasteiger partial charge in [0.2, 0.25) is 0 Å². The lowest BCUT2D eigenvalue weighted by Gasteiger charge is -2.49. The number of hydrogen-bond acceptors (Lipinski definition) is 2. The molecule has 0 saturated heterocycles. The quantitative estimate of drug-likeness (QED) is 0.629. The Morgan fingerprint density at radius 1 is 1.21 bits per heavy atom. The molecule has 1 rings (SSSR count). The van der Waals surface area contributed by atoms with Gasteiger partial charge in [0.05, 0.1) is 13.2 Å². The highest BCUT2D eigenvalue weighted by Gasteiger charge is 2.46. The molecule has 1 aliphatic rings. The van der Waals surface area contributed by atoms with Crippen molar-refractivity contribution in [3.63, 3.8) is 0 Å². The van der Waals surface area contributed by atoms with Gasteiger partial charge in [-0.3, -0.25) is 0 Å². The molecule has 0 aromatic carbocycles. The predicted octanol–water partition coefficient (Wildman–Crippen LogP) is 2.87. The van der Waals surface area contributed by atoms with E-state index in [-0.39, 0.29) is 0 Å². The van der Waals surface area contributed by atoms with Crippen molar-refractivity contribution in [1.29, 1.82) is 0 Å². The molecule has 0 amide bonds. The fourth-order valence-electron chi connectivity index (χ4n) is 2.65. The minimum Gasteiger partial charge on any atom is -0.384 e. The standard InChI is InChI=1S/C12H24O2/c1-4-5-6-11-7-8-12(11,9-13-2)10-14-3/h11H,4-10H2,1-3H3. The summed E-state index contributed by atoms with van der Waals surface area (Å²) in [7, 11) is 3.60. The molecule has 0 heterocycles. The van der Waals surface area contributed by atoms with Gasteiger partial charge >= 0.3 is 0 Å². The summed E-state index contributed by atoms with van der Waals surface area (Å²) < 4.78 is 10.7. The Morgan fingerprint density at radius 3 is 2.21 bits per heavy atom. The molecule has 2 heteroatoms. The van der Waals surface area contributed by atoms with Crippen LogP contribution in [-0.4, -0.2) is 27.4 Å². The fourth-order valence-corrected chi connectivity index (χ4v) is 2.65. The zero-order chi connectivity index (χ0) is 10.4. The first-order valence-electron chi connectivity index (χ1n) is 5.77. The first kappa shape index (κ1) is 12.0. The van der Waals surface area contributed by atoms with Crippen LogP contribution >= 0.6 is 0 Å². The summed E-state index contributed by atoms with van der Waals surface area (Å²) >= 11 is 0. The van der Waals surface area contributed by atoms with E-state index in [0.29, 0.717) is 5.41 Å². The second-order valence-corrected chi connectivity index (χ2v) is 4.61. The number of rotatable bonds is 7. The van der Waals surface area contributed by atoms with Crippen LogP contribution in [0, 0.1) is 11.3 Å². The fraction of sp³-hybridized carbons (Fsp3) is 1.00. The van der Waals surface area contributed by atoms with Crippen molar-refractivity contribution in [2.75, 3.05) is 27.4 Å². The average Bonchev–Trinajstić information content (AvgIpc) is 2.16. The molecule has 0 bridgehead atoms. The molecule has 0 aromatic heterocycles. The van der Waals surface area contributed by atoms with Gasteiger partial charge in [-0.2, -0.15) is 0 Å². The summed E-state index contributed by atoms with van der Waals surface area (Å²) in [6, 6.07) is 0. The van der Waals surface area contributed by atoms with Crippen LogP contribution in [0.5, 0.6) is 0 Å². The highest BCUT2D eigenvalue weighted by Crippen LogP contribution is 2.49. The van der Waals surface area contributed by atoms with E-state index in [4.69, 9.17) is 9.47 Å². The molecule has 0 N–H and O–H groups in total. The molecule has 1 saturated carbocycles. The lowest BCUT2D eigenvalue weighted by Crippen LogP contribution is -2.47. The molecular formula is C12H24O2. The maximum Gasteiger partial charge on any atom is 0.0543 e. The number of hydrogen-bond donors (Lipinski definition) is 0. The molecule has 14 heavy (non-hydrogen) atoms. The maximum absolute atomic E-state index is 5.33. The Balaban J connectivity index is 2.41. The van der Waals surface area contributed by atoms with Crippen LogP contribution < -0.4 is 0 Å². The van der Waals surface area contributed by atoms with E-state index in [9.17, 15) is 0 Å². The molecule has 0 radical (unpaired) electrons. The van der Waals surface area contributed by atoms with Crippen LogP contribution in [0.15, 0.2) is 0 Å². The van der Waals surface area contributed by atoms with E-state index in [1.165, 1.54) is 32.1 Å². The van der Waals surface area contributed by atoms with Crippen LogP contribution in [0.4, 0.5) is 0 Å². The van der Waals surface area contributed by atoms with Crippen molar-refractivity contribution >= 4 is 0 Å². The van der Waals surface area contributed by atoms with E-state index in [1.54, 1.807) is 14.2 Å². The van der Waals surface area contributed by atoms with E-state index >= 15 is 0 Å². The normalized spacial score (nSPS) is 24.6. The molecule has 0 aromatic rings. The van der Waals surface area contributed by atoms with Gasteiger partial charge < -0.3 is 9.47 Å². The summed E-state index contributed by atoms with van der Waals surface area (Å²) in [4.78, 5) is 0. The van der Waals surface area contributed by atoms with Gasteiger partial charge in [0.1, 0.15) is 0 Å². The van der Waals surface area contributed by atoms with Crippen LogP contribution in [0.2, 0.25) is 0 Å². The lowest BCUT2D eigenvalue weighted by molar-refractivity contribution is -0.0937. The largest absolute Gasteiger partial charge is 0.384 e. The summed E-state index contributed by atoms with van der Waals surface area (Å²) in [6.45, 7) is 4.00. The molecular weight excluding hydrogens is 176 g/mol. The summed E-state index contributed by atoms with van der Waals surface area (Å²) in [6.07, 6.45) is 6.64. The Hall–Kier alpha value is -0.0800. The molecule has 1 aliphatic carbocycles. The topological polar surface area (TPSA) is 18.5 Å². The van der Waals surface area contributed by atoms with Crippen molar-refractivity contribution < 1.29 is 9.47 Å². The number of methoxy groups -OCH3 is 2. The molecule has 1 unspecified atom stereocenters. The molecule has 0 spiro atoms. The first-order valence-corrected chi connectivity index (χ1v) is 5.77. The zero-order valence-electron chi connectivity index (χ0n) is 9.84.